The van der Waals surface area contributed by atoms with Crippen molar-refractivity contribution >= 4 is 23.6 Å². The number of amides is 2. The summed E-state index contributed by atoms with van der Waals surface area (Å²) < 4.78 is 1.71. The van der Waals surface area contributed by atoms with Crippen molar-refractivity contribution in [1.82, 2.24) is 25.1 Å². The van der Waals surface area contributed by atoms with Gasteiger partial charge in [0.1, 0.15) is 11.5 Å². The summed E-state index contributed by atoms with van der Waals surface area (Å²) in [7, 11) is 1.77. The lowest BCUT2D eigenvalue weighted by molar-refractivity contribution is -0.117. The first-order chi connectivity index (χ1) is 9.61. The summed E-state index contributed by atoms with van der Waals surface area (Å²) in [5, 5.41) is 10.6. The van der Waals surface area contributed by atoms with Gasteiger partial charge in [0.25, 0.3) is 5.91 Å². The Hall–Kier alpha value is -2.13. The lowest BCUT2D eigenvalue weighted by Gasteiger charge is -2.03. The van der Waals surface area contributed by atoms with Crippen LogP contribution in [0.3, 0.4) is 0 Å². The predicted molar refractivity (Wildman–Crippen MR) is 72.9 cm³/mol. The molecule has 8 nitrogen and oxygen atoms in total. The first-order valence-corrected chi connectivity index (χ1v) is 6.79. The summed E-state index contributed by atoms with van der Waals surface area (Å²) in [4.78, 5) is 26.0. The Morgan fingerprint density at radius 1 is 1.50 bits per heavy atom. The average Bonchev–Trinajstić information content (AvgIpc) is 3.06. The molecule has 0 spiro atoms. The molecule has 0 unspecified atom stereocenters. The highest BCUT2D eigenvalue weighted by Crippen LogP contribution is 2.14. The summed E-state index contributed by atoms with van der Waals surface area (Å²) in [5.74, 6) is -0.147. The second-order valence-corrected chi connectivity index (χ2v) is 4.85. The van der Waals surface area contributed by atoms with Gasteiger partial charge >= 0.3 is 0 Å². The van der Waals surface area contributed by atoms with Crippen molar-refractivity contribution in [2.45, 2.75) is 11.7 Å². The molecule has 20 heavy (non-hydrogen) atoms. The number of thioether (sulfide) groups is 1. The number of nitrogens with zero attached hydrogens (tertiary/aromatic N) is 3. The van der Waals surface area contributed by atoms with Crippen LogP contribution in [0.1, 0.15) is 16.3 Å². The maximum Gasteiger partial charge on any atom is 0.274 e. The van der Waals surface area contributed by atoms with Crippen molar-refractivity contribution in [3.05, 3.63) is 29.8 Å². The molecular formula is C11H14N6O2S. The number of aromatic nitrogens is 4. The summed E-state index contributed by atoms with van der Waals surface area (Å²) in [6, 6.07) is 3.27. The highest BCUT2D eigenvalue weighted by Gasteiger charge is 2.13. The zero-order chi connectivity index (χ0) is 14.5. The number of carbonyl (C=O) groups is 2. The Morgan fingerprint density at radius 2 is 2.30 bits per heavy atom. The quantitative estimate of drug-likeness (QED) is 0.649. The Labute approximate surface area is 119 Å². The minimum Gasteiger partial charge on any atom is -0.357 e. The monoisotopic (exact) mass is 294 g/mol. The fraction of sp³-hybridized carbons (Fsp3) is 0.273. The van der Waals surface area contributed by atoms with E-state index in [2.05, 4.69) is 20.5 Å². The number of rotatable bonds is 5. The minimum absolute atomic E-state index is 0.0724. The topological polar surface area (TPSA) is 119 Å². The number of hydrogen-bond acceptors (Lipinski definition) is 6. The first-order valence-electron chi connectivity index (χ1n) is 5.80. The van der Waals surface area contributed by atoms with Gasteiger partial charge in [-0.05, 0) is 12.1 Å². The molecule has 2 aromatic rings. The van der Waals surface area contributed by atoms with Crippen molar-refractivity contribution in [3.8, 4) is 0 Å². The molecule has 0 saturated heterocycles. The standard InChI is InChI=1S/C11H14N6O2S/c1-17-8(5-12)15-16-11(17)20-6-9(18)14-10(19)7-3-2-4-13-7/h2-4,13H,5-6,12H2,1H3,(H,14,18,19). The number of imide groups is 1. The number of aromatic amines is 1. The van der Waals surface area contributed by atoms with E-state index in [9.17, 15) is 9.59 Å². The van der Waals surface area contributed by atoms with Gasteiger partial charge in [-0.3, -0.25) is 14.9 Å². The lowest BCUT2D eigenvalue weighted by Crippen LogP contribution is -2.32. The second kappa shape index (κ2) is 6.35. The molecule has 106 valence electrons. The molecule has 9 heteroatoms. The lowest BCUT2D eigenvalue weighted by atomic mass is 10.4. The zero-order valence-electron chi connectivity index (χ0n) is 10.8. The van der Waals surface area contributed by atoms with Gasteiger partial charge < -0.3 is 15.3 Å². The summed E-state index contributed by atoms with van der Waals surface area (Å²) in [5.41, 5.74) is 5.82. The maximum atomic E-state index is 11.7. The largest absolute Gasteiger partial charge is 0.357 e. The Bertz CT molecular complexity index is 606. The number of H-pyrrole nitrogens is 1. The normalized spacial score (nSPS) is 10.5. The second-order valence-electron chi connectivity index (χ2n) is 3.91. The molecule has 0 aliphatic heterocycles. The van der Waals surface area contributed by atoms with Gasteiger partial charge in [0, 0.05) is 13.2 Å². The summed E-state index contributed by atoms with van der Waals surface area (Å²) >= 11 is 1.19. The molecule has 0 fully saturated rings. The van der Waals surface area contributed by atoms with Crippen molar-refractivity contribution < 1.29 is 9.59 Å². The van der Waals surface area contributed by atoms with Gasteiger partial charge in [0.05, 0.1) is 12.3 Å². The molecule has 0 aromatic carbocycles. The number of hydrogen-bond donors (Lipinski definition) is 3. The smallest absolute Gasteiger partial charge is 0.274 e. The van der Waals surface area contributed by atoms with Crippen LogP contribution >= 0.6 is 11.8 Å². The molecule has 2 heterocycles. The van der Waals surface area contributed by atoms with E-state index >= 15 is 0 Å². The average molecular weight is 294 g/mol. The van der Waals surface area contributed by atoms with Crippen LogP contribution in [-0.2, 0) is 18.4 Å². The van der Waals surface area contributed by atoms with Crippen molar-refractivity contribution in [3.63, 3.8) is 0 Å². The molecule has 2 aromatic heterocycles. The fourth-order valence-electron chi connectivity index (χ4n) is 1.48. The van der Waals surface area contributed by atoms with Gasteiger partial charge in [-0.15, -0.1) is 10.2 Å². The van der Waals surface area contributed by atoms with Gasteiger partial charge in [-0.2, -0.15) is 0 Å². The van der Waals surface area contributed by atoms with Crippen LogP contribution in [0.15, 0.2) is 23.5 Å². The fourth-order valence-corrected chi connectivity index (χ4v) is 2.21. The molecule has 0 radical (unpaired) electrons. The van der Waals surface area contributed by atoms with Gasteiger partial charge in [-0.25, -0.2) is 0 Å². The third kappa shape index (κ3) is 3.25. The maximum absolute atomic E-state index is 11.7. The van der Waals surface area contributed by atoms with Crippen LogP contribution in [0.2, 0.25) is 0 Å². The third-order valence-corrected chi connectivity index (χ3v) is 3.56. The van der Waals surface area contributed by atoms with E-state index in [1.807, 2.05) is 0 Å². The van der Waals surface area contributed by atoms with Crippen LogP contribution in [0, 0.1) is 0 Å². The van der Waals surface area contributed by atoms with Crippen molar-refractivity contribution in [1.29, 1.82) is 0 Å². The van der Waals surface area contributed by atoms with E-state index in [1.165, 1.54) is 11.8 Å². The van der Waals surface area contributed by atoms with E-state index in [1.54, 1.807) is 29.9 Å². The van der Waals surface area contributed by atoms with E-state index in [0.29, 0.717) is 16.7 Å². The predicted octanol–water partition coefficient (Wildman–Crippen LogP) is -0.349. The molecule has 4 N–H and O–H groups in total. The van der Waals surface area contributed by atoms with E-state index < -0.39 is 11.8 Å². The Kier molecular flexibility index (Phi) is 4.53. The van der Waals surface area contributed by atoms with Gasteiger partial charge in [-0.1, -0.05) is 11.8 Å². The van der Waals surface area contributed by atoms with Crippen LogP contribution in [0.25, 0.3) is 0 Å². The van der Waals surface area contributed by atoms with E-state index in [4.69, 9.17) is 5.73 Å². The van der Waals surface area contributed by atoms with Crippen molar-refractivity contribution in [2.75, 3.05) is 5.75 Å². The van der Waals surface area contributed by atoms with Gasteiger partial charge in [0.15, 0.2) is 5.16 Å². The summed E-state index contributed by atoms with van der Waals surface area (Å²) in [6.45, 7) is 0.279. The van der Waals surface area contributed by atoms with Crippen molar-refractivity contribution in [2.24, 2.45) is 12.8 Å². The van der Waals surface area contributed by atoms with Crippen LogP contribution in [-0.4, -0.2) is 37.3 Å². The van der Waals surface area contributed by atoms with E-state index in [0.717, 1.165) is 0 Å². The van der Waals surface area contributed by atoms with E-state index in [-0.39, 0.29) is 12.3 Å². The number of nitrogens with two attached hydrogens (primary N) is 1. The molecule has 0 saturated carbocycles. The number of carbonyl (C=O) groups excluding carboxylic acids is 2. The van der Waals surface area contributed by atoms with Crippen LogP contribution in [0.4, 0.5) is 0 Å². The van der Waals surface area contributed by atoms with Crippen LogP contribution in [0.5, 0.6) is 0 Å². The Morgan fingerprint density at radius 3 is 2.90 bits per heavy atom. The number of nitrogens with one attached hydrogen (secondary N) is 2. The Balaban J connectivity index is 1.86. The zero-order valence-corrected chi connectivity index (χ0v) is 11.6. The molecule has 0 aliphatic rings. The SMILES string of the molecule is Cn1c(CN)nnc1SCC(=O)NC(=O)c1ccc[nH]1. The first kappa shape index (κ1) is 14.3. The highest BCUT2D eigenvalue weighted by molar-refractivity contribution is 7.99. The van der Waals surface area contributed by atoms with Crippen LogP contribution < -0.4 is 11.1 Å². The molecule has 2 rings (SSSR count). The third-order valence-electron chi connectivity index (χ3n) is 2.54. The summed E-state index contributed by atoms with van der Waals surface area (Å²) in [6.07, 6.45) is 1.61. The molecule has 0 aliphatic carbocycles. The molecule has 0 atom stereocenters. The highest BCUT2D eigenvalue weighted by atomic mass is 32.2. The van der Waals surface area contributed by atoms with Gasteiger partial charge in [0.2, 0.25) is 5.91 Å². The molecular weight excluding hydrogens is 280 g/mol. The minimum atomic E-state index is -0.457. The molecule has 2 amide bonds. The molecule has 0 bridgehead atoms.